The number of hydrogen-bond donors (Lipinski definition) is 0. The molecule has 0 radical (unpaired) electrons. The number of fused-ring (bicyclic) bond motifs is 5. The van der Waals surface area contributed by atoms with Gasteiger partial charge < -0.3 is 4.90 Å². The molecule has 4 bridgehead atoms. The summed E-state index contributed by atoms with van der Waals surface area (Å²) in [5.41, 5.74) is 3.88. The Balaban J connectivity index is 1.99. The first kappa shape index (κ1) is 11.7. The lowest BCUT2D eigenvalue weighted by Gasteiger charge is -2.45. The fourth-order valence-corrected chi connectivity index (χ4v) is 4.25. The third-order valence-corrected chi connectivity index (χ3v) is 5.27. The SMILES string of the molecule is CN(C)C(=O)C1(C2(C)C3=CC=C2C=C3)C2=CC=C1C=C2. The predicted molar refractivity (Wildman–Crippen MR) is 79.8 cm³/mol. The minimum atomic E-state index is -0.575. The number of allylic oxidation sites excluding steroid dienone is 10. The molecule has 0 aliphatic heterocycles. The van der Waals surface area contributed by atoms with Crippen LogP contribution in [0.25, 0.3) is 0 Å². The summed E-state index contributed by atoms with van der Waals surface area (Å²) < 4.78 is 0. The van der Waals surface area contributed by atoms with Crippen LogP contribution in [-0.4, -0.2) is 24.9 Å². The maximum Gasteiger partial charge on any atom is 0.238 e. The van der Waals surface area contributed by atoms with Gasteiger partial charge in [-0.3, -0.25) is 4.79 Å². The Labute approximate surface area is 119 Å². The van der Waals surface area contributed by atoms with Crippen LogP contribution in [0.2, 0.25) is 0 Å². The van der Waals surface area contributed by atoms with Crippen molar-refractivity contribution in [1.82, 2.24) is 4.90 Å². The van der Waals surface area contributed by atoms with Crippen LogP contribution >= 0.6 is 0 Å². The number of amides is 1. The van der Waals surface area contributed by atoms with Gasteiger partial charge in [0.05, 0.1) is 0 Å². The van der Waals surface area contributed by atoms with E-state index in [1.807, 2.05) is 14.1 Å². The summed E-state index contributed by atoms with van der Waals surface area (Å²) in [5.74, 6) is 0.169. The Bertz CT molecular complexity index is 679. The molecule has 20 heavy (non-hydrogen) atoms. The van der Waals surface area contributed by atoms with Crippen molar-refractivity contribution < 1.29 is 4.79 Å². The van der Waals surface area contributed by atoms with Gasteiger partial charge in [0.25, 0.3) is 0 Å². The molecule has 0 saturated heterocycles. The van der Waals surface area contributed by atoms with Gasteiger partial charge in [-0.05, 0) is 29.2 Å². The van der Waals surface area contributed by atoms with Crippen LogP contribution in [0.15, 0.2) is 70.9 Å². The molecule has 0 aromatic carbocycles. The van der Waals surface area contributed by atoms with E-state index < -0.39 is 5.41 Å². The second-order valence-corrected chi connectivity index (χ2v) is 6.23. The molecular formula is C18H17NO. The fraction of sp³-hybridized carbons (Fsp3) is 0.278. The molecular weight excluding hydrogens is 246 g/mol. The van der Waals surface area contributed by atoms with E-state index in [9.17, 15) is 4.79 Å². The van der Waals surface area contributed by atoms with Gasteiger partial charge in [0.2, 0.25) is 5.91 Å². The Hall–Kier alpha value is -2.09. The van der Waals surface area contributed by atoms with Crippen molar-refractivity contribution in [2.75, 3.05) is 14.1 Å². The minimum Gasteiger partial charge on any atom is -0.348 e. The lowest BCUT2D eigenvalue weighted by Crippen LogP contribution is -2.50. The summed E-state index contributed by atoms with van der Waals surface area (Å²) in [7, 11) is 3.69. The standard InChI is InChI=1S/C18H17NO/c1-17(12-4-5-13(17)7-6-12)18(16(20)19(2)3)14-8-9-15(18)11-10-14/h4-11H,1-3H3. The van der Waals surface area contributed by atoms with E-state index in [0.29, 0.717) is 0 Å². The summed E-state index contributed by atoms with van der Waals surface area (Å²) in [4.78, 5) is 14.9. The van der Waals surface area contributed by atoms with Gasteiger partial charge in [-0.25, -0.2) is 0 Å². The molecule has 0 atom stereocenters. The van der Waals surface area contributed by atoms with E-state index in [-0.39, 0.29) is 11.3 Å². The first-order valence-electron chi connectivity index (χ1n) is 6.96. The van der Waals surface area contributed by atoms with Crippen LogP contribution in [0.1, 0.15) is 6.92 Å². The van der Waals surface area contributed by atoms with Crippen LogP contribution in [0, 0.1) is 10.8 Å². The normalized spacial score (nSPS) is 25.6. The molecule has 0 heterocycles. The highest BCUT2D eigenvalue weighted by molar-refractivity contribution is 5.97. The average Bonchev–Trinajstić information content (AvgIpc) is 3.17. The number of carbonyl (C=O) groups is 1. The topological polar surface area (TPSA) is 20.3 Å². The van der Waals surface area contributed by atoms with Crippen molar-refractivity contribution in [3.63, 3.8) is 0 Å². The third-order valence-electron chi connectivity index (χ3n) is 5.27. The maximum absolute atomic E-state index is 13.2. The van der Waals surface area contributed by atoms with Crippen LogP contribution in [0.4, 0.5) is 0 Å². The first-order valence-corrected chi connectivity index (χ1v) is 6.96. The summed E-state index contributed by atoms with van der Waals surface area (Å²) in [6.45, 7) is 2.21. The van der Waals surface area contributed by atoms with Gasteiger partial charge in [-0.15, -0.1) is 0 Å². The smallest absolute Gasteiger partial charge is 0.238 e. The van der Waals surface area contributed by atoms with Crippen LogP contribution in [0.5, 0.6) is 0 Å². The van der Waals surface area contributed by atoms with E-state index in [1.165, 1.54) is 11.1 Å². The Morgan fingerprint density at radius 2 is 1.25 bits per heavy atom. The fourth-order valence-electron chi connectivity index (χ4n) is 4.25. The largest absolute Gasteiger partial charge is 0.348 e. The highest BCUT2D eigenvalue weighted by Gasteiger charge is 2.64. The molecule has 0 aromatic rings. The molecule has 100 valence electrons. The quantitative estimate of drug-likeness (QED) is 0.750. The zero-order chi connectivity index (χ0) is 14.1. The maximum atomic E-state index is 13.2. The number of rotatable bonds is 2. The molecule has 0 saturated carbocycles. The molecule has 1 amide bonds. The van der Waals surface area contributed by atoms with Gasteiger partial charge in [-0.2, -0.15) is 0 Å². The highest BCUT2D eigenvalue weighted by atomic mass is 16.2. The van der Waals surface area contributed by atoms with Gasteiger partial charge >= 0.3 is 0 Å². The minimum absolute atomic E-state index is 0.169. The molecule has 2 nitrogen and oxygen atoms in total. The van der Waals surface area contributed by atoms with E-state index in [1.54, 1.807) is 4.90 Å². The monoisotopic (exact) mass is 263 g/mol. The Morgan fingerprint density at radius 1 is 0.850 bits per heavy atom. The molecule has 4 aliphatic rings. The van der Waals surface area contributed by atoms with Crippen molar-refractivity contribution in [3.8, 4) is 0 Å². The van der Waals surface area contributed by atoms with Crippen molar-refractivity contribution in [2.45, 2.75) is 6.92 Å². The zero-order valence-corrected chi connectivity index (χ0v) is 12.0. The van der Waals surface area contributed by atoms with Gasteiger partial charge in [-0.1, -0.05) is 48.6 Å². The molecule has 0 N–H and O–H groups in total. The summed E-state index contributed by atoms with van der Waals surface area (Å²) in [6, 6.07) is 0. The summed E-state index contributed by atoms with van der Waals surface area (Å²) in [6.07, 6.45) is 17.0. The molecule has 4 rings (SSSR count). The average molecular weight is 263 g/mol. The van der Waals surface area contributed by atoms with Crippen molar-refractivity contribution in [3.05, 3.63) is 70.9 Å². The molecule has 2 heteroatoms. The van der Waals surface area contributed by atoms with E-state index >= 15 is 0 Å². The van der Waals surface area contributed by atoms with Crippen molar-refractivity contribution >= 4 is 5.91 Å². The van der Waals surface area contributed by atoms with E-state index in [4.69, 9.17) is 0 Å². The Kier molecular flexibility index (Phi) is 1.94. The molecule has 0 unspecified atom stereocenters. The zero-order valence-electron chi connectivity index (χ0n) is 12.0. The van der Waals surface area contributed by atoms with E-state index in [0.717, 1.165) is 11.1 Å². The highest BCUT2D eigenvalue weighted by Crippen LogP contribution is 2.67. The lowest BCUT2D eigenvalue weighted by atomic mass is 9.56. The molecule has 0 fully saturated rings. The predicted octanol–water partition coefficient (Wildman–Crippen LogP) is 2.94. The Morgan fingerprint density at radius 3 is 1.60 bits per heavy atom. The molecule has 4 aliphatic carbocycles. The van der Waals surface area contributed by atoms with Gasteiger partial charge in [0.15, 0.2) is 0 Å². The second-order valence-electron chi connectivity index (χ2n) is 6.23. The van der Waals surface area contributed by atoms with Gasteiger partial charge in [0.1, 0.15) is 5.41 Å². The van der Waals surface area contributed by atoms with Crippen molar-refractivity contribution in [2.24, 2.45) is 10.8 Å². The second kappa shape index (κ2) is 3.32. The lowest BCUT2D eigenvalue weighted by molar-refractivity contribution is -0.138. The van der Waals surface area contributed by atoms with E-state index in [2.05, 4.69) is 55.5 Å². The molecule has 0 aromatic heterocycles. The first-order chi connectivity index (χ1) is 9.52. The molecule has 0 spiro atoms. The van der Waals surface area contributed by atoms with Crippen LogP contribution < -0.4 is 0 Å². The number of carbonyl (C=O) groups excluding carboxylic acids is 1. The van der Waals surface area contributed by atoms with Gasteiger partial charge in [0, 0.05) is 19.5 Å². The van der Waals surface area contributed by atoms with Crippen LogP contribution in [0.3, 0.4) is 0 Å². The summed E-state index contributed by atoms with van der Waals surface area (Å²) >= 11 is 0. The number of nitrogens with zero attached hydrogens (tertiary/aromatic N) is 1. The third kappa shape index (κ3) is 0.953. The number of hydrogen-bond acceptors (Lipinski definition) is 1. The van der Waals surface area contributed by atoms with Crippen molar-refractivity contribution in [1.29, 1.82) is 0 Å². The van der Waals surface area contributed by atoms with Crippen LogP contribution in [-0.2, 0) is 4.79 Å². The summed E-state index contributed by atoms with van der Waals surface area (Å²) in [5, 5.41) is 0.